The molecule has 2 fully saturated rings. The van der Waals surface area contributed by atoms with E-state index in [4.69, 9.17) is 9.16 Å². The molecule has 2 nitrogen and oxygen atoms in total. The van der Waals surface area contributed by atoms with Gasteiger partial charge < -0.3 is 9.16 Å². The third kappa shape index (κ3) is 5.07. The summed E-state index contributed by atoms with van der Waals surface area (Å²) in [4.78, 5) is 0. The van der Waals surface area contributed by atoms with Gasteiger partial charge in [-0.05, 0) is 49.2 Å². The lowest BCUT2D eigenvalue weighted by atomic mass is 9.71. The summed E-state index contributed by atoms with van der Waals surface area (Å²) in [5.41, 5.74) is 0.475. The summed E-state index contributed by atoms with van der Waals surface area (Å²) in [7, 11) is -1.61. The highest BCUT2D eigenvalue weighted by Crippen LogP contribution is 2.44. The molecule has 0 spiro atoms. The average Bonchev–Trinajstić information content (AvgIpc) is 3.21. The first-order chi connectivity index (χ1) is 9.74. The van der Waals surface area contributed by atoms with Gasteiger partial charge >= 0.3 is 0 Å². The van der Waals surface area contributed by atoms with Crippen molar-refractivity contribution in [3.8, 4) is 0 Å². The molecule has 1 atom stereocenters. The largest absolute Gasteiger partial charge is 0.416 e. The molecule has 1 aliphatic heterocycles. The van der Waals surface area contributed by atoms with E-state index >= 15 is 0 Å². The number of epoxide rings is 1. The first-order valence-electron chi connectivity index (χ1n) is 9.00. The molecule has 0 aromatic carbocycles. The molecule has 1 aliphatic carbocycles. The molecule has 1 saturated heterocycles. The standard InChI is InChI=1S/C18H36O2Si/c1-17(2,3)21(4,5)20-15-18(11-7-6-8-12-18)13-9-10-16-14-19-16/h16H,6-15H2,1-5H3/t16-/m1/s1. The van der Waals surface area contributed by atoms with Gasteiger partial charge in [0.2, 0.25) is 0 Å². The number of ether oxygens (including phenoxy) is 1. The molecular formula is C18H36O2Si. The topological polar surface area (TPSA) is 21.8 Å². The molecule has 0 N–H and O–H groups in total. The van der Waals surface area contributed by atoms with Crippen LogP contribution < -0.4 is 0 Å². The van der Waals surface area contributed by atoms with Gasteiger partial charge in [-0.15, -0.1) is 0 Å². The zero-order chi connectivity index (χ0) is 15.6. The zero-order valence-corrected chi connectivity index (χ0v) is 16.0. The summed E-state index contributed by atoms with van der Waals surface area (Å²) in [5.74, 6) is 0. The highest BCUT2D eigenvalue weighted by molar-refractivity contribution is 6.74. The maximum absolute atomic E-state index is 6.62. The van der Waals surface area contributed by atoms with Gasteiger partial charge in [0.15, 0.2) is 8.32 Å². The smallest absolute Gasteiger partial charge is 0.192 e. The number of rotatable bonds is 7. The molecule has 0 amide bonds. The molecule has 0 unspecified atom stereocenters. The van der Waals surface area contributed by atoms with Crippen molar-refractivity contribution in [2.24, 2.45) is 5.41 Å². The molecule has 21 heavy (non-hydrogen) atoms. The van der Waals surface area contributed by atoms with Gasteiger partial charge in [0.1, 0.15) is 0 Å². The monoisotopic (exact) mass is 312 g/mol. The summed E-state index contributed by atoms with van der Waals surface area (Å²) < 4.78 is 12.0. The van der Waals surface area contributed by atoms with Crippen LogP contribution in [0.4, 0.5) is 0 Å². The van der Waals surface area contributed by atoms with Gasteiger partial charge in [-0.1, -0.05) is 46.5 Å². The van der Waals surface area contributed by atoms with Crippen molar-refractivity contribution in [2.45, 2.75) is 96.4 Å². The maximum Gasteiger partial charge on any atom is 0.192 e. The third-order valence-corrected chi connectivity index (χ3v) is 10.6. The fourth-order valence-electron chi connectivity index (χ4n) is 3.26. The van der Waals surface area contributed by atoms with Crippen LogP contribution in [0.25, 0.3) is 0 Å². The molecule has 0 aromatic heterocycles. The van der Waals surface area contributed by atoms with Crippen LogP contribution in [0.3, 0.4) is 0 Å². The SMILES string of the molecule is CC(C)(C)[Si](C)(C)OCC1(CCC[C@@H]2CO2)CCCCC1. The number of hydrogen-bond acceptors (Lipinski definition) is 2. The molecular weight excluding hydrogens is 276 g/mol. The van der Waals surface area contributed by atoms with Crippen molar-refractivity contribution in [3.63, 3.8) is 0 Å². The van der Waals surface area contributed by atoms with Crippen LogP contribution in [-0.2, 0) is 9.16 Å². The molecule has 0 radical (unpaired) electrons. The van der Waals surface area contributed by atoms with Crippen molar-refractivity contribution < 1.29 is 9.16 Å². The third-order valence-electron chi connectivity index (χ3n) is 6.10. The maximum atomic E-state index is 6.62. The van der Waals surface area contributed by atoms with Crippen molar-refractivity contribution in [2.75, 3.05) is 13.2 Å². The molecule has 3 heteroatoms. The highest BCUT2D eigenvalue weighted by atomic mass is 28.4. The first-order valence-corrected chi connectivity index (χ1v) is 11.9. The Bertz CT molecular complexity index is 323. The van der Waals surface area contributed by atoms with E-state index in [9.17, 15) is 0 Å². The van der Waals surface area contributed by atoms with Gasteiger partial charge in [-0.3, -0.25) is 0 Å². The minimum Gasteiger partial charge on any atom is -0.416 e. The lowest BCUT2D eigenvalue weighted by molar-refractivity contribution is 0.0758. The minimum absolute atomic E-state index is 0.324. The fourth-order valence-corrected chi connectivity index (χ4v) is 4.36. The quantitative estimate of drug-likeness (QED) is 0.455. The van der Waals surface area contributed by atoms with Crippen LogP contribution >= 0.6 is 0 Å². The van der Waals surface area contributed by atoms with E-state index in [1.807, 2.05) is 0 Å². The summed E-state index contributed by atoms with van der Waals surface area (Å²) in [5, 5.41) is 0.324. The second-order valence-electron chi connectivity index (χ2n) is 8.96. The Balaban J connectivity index is 1.88. The Morgan fingerprint density at radius 2 is 1.76 bits per heavy atom. The Kier molecular flexibility index (Phi) is 5.59. The van der Waals surface area contributed by atoms with Crippen LogP contribution in [0.5, 0.6) is 0 Å². The molecule has 1 saturated carbocycles. The van der Waals surface area contributed by atoms with Crippen molar-refractivity contribution in [1.82, 2.24) is 0 Å². The Labute approximate surface area is 133 Å². The lowest BCUT2D eigenvalue weighted by Crippen LogP contribution is -2.44. The van der Waals surface area contributed by atoms with E-state index in [0.29, 0.717) is 16.6 Å². The highest BCUT2D eigenvalue weighted by Gasteiger charge is 2.40. The molecule has 1 heterocycles. The lowest BCUT2D eigenvalue weighted by Gasteiger charge is -2.43. The molecule has 0 bridgehead atoms. The average molecular weight is 313 g/mol. The van der Waals surface area contributed by atoms with E-state index < -0.39 is 8.32 Å². The summed E-state index contributed by atoms with van der Waals surface area (Å²) >= 11 is 0. The van der Waals surface area contributed by atoms with Crippen molar-refractivity contribution in [3.05, 3.63) is 0 Å². The Morgan fingerprint density at radius 1 is 1.14 bits per heavy atom. The van der Waals surface area contributed by atoms with Gasteiger partial charge in [0.25, 0.3) is 0 Å². The summed E-state index contributed by atoms with van der Waals surface area (Å²) in [6, 6.07) is 0. The van der Waals surface area contributed by atoms with Crippen molar-refractivity contribution >= 4 is 8.32 Å². The van der Waals surface area contributed by atoms with Crippen molar-refractivity contribution in [1.29, 1.82) is 0 Å². The fraction of sp³-hybridized carbons (Fsp3) is 1.00. The predicted molar refractivity (Wildman–Crippen MR) is 92.3 cm³/mol. The second-order valence-corrected chi connectivity index (χ2v) is 13.8. The summed E-state index contributed by atoms with van der Waals surface area (Å²) in [6.07, 6.45) is 11.5. The van der Waals surface area contributed by atoms with E-state index in [0.717, 1.165) is 13.2 Å². The van der Waals surface area contributed by atoms with Crippen LogP contribution in [0.1, 0.15) is 72.1 Å². The van der Waals surface area contributed by atoms with E-state index in [2.05, 4.69) is 33.9 Å². The van der Waals surface area contributed by atoms with Crippen LogP contribution in [-0.4, -0.2) is 27.6 Å². The second kappa shape index (κ2) is 6.72. The normalized spacial score (nSPS) is 25.9. The Morgan fingerprint density at radius 3 is 2.29 bits per heavy atom. The van der Waals surface area contributed by atoms with E-state index in [-0.39, 0.29) is 0 Å². The van der Waals surface area contributed by atoms with E-state index in [1.165, 1.54) is 51.4 Å². The minimum atomic E-state index is -1.61. The molecule has 0 aromatic rings. The predicted octanol–water partition coefficient (Wildman–Crippen LogP) is 5.53. The zero-order valence-electron chi connectivity index (χ0n) is 15.0. The van der Waals surface area contributed by atoms with Gasteiger partial charge in [0, 0.05) is 6.61 Å². The molecule has 124 valence electrons. The molecule has 2 aliphatic rings. The van der Waals surface area contributed by atoms with Gasteiger partial charge in [-0.25, -0.2) is 0 Å². The van der Waals surface area contributed by atoms with Crippen LogP contribution in [0.2, 0.25) is 18.1 Å². The summed E-state index contributed by atoms with van der Waals surface area (Å²) in [6.45, 7) is 13.8. The van der Waals surface area contributed by atoms with Crippen LogP contribution in [0, 0.1) is 5.41 Å². The first kappa shape index (κ1) is 17.5. The van der Waals surface area contributed by atoms with Crippen LogP contribution in [0.15, 0.2) is 0 Å². The number of hydrogen-bond donors (Lipinski definition) is 0. The van der Waals surface area contributed by atoms with Gasteiger partial charge in [-0.2, -0.15) is 0 Å². The Hall–Kier alpha value is 0.137. The molecule has 2 rings (SSSR count). The van der Waals surface area contributed by atoms with E-state index in [1.54, 1.807) is 0 Å². The van der Waals surface area contributed by atoms with Gasteiger partial charge in [0.05, 0.1) is 12.7 Å².